The van der Waals surface area contributed by atoms with Gasteiger partial charge in [-0.25, -0.2) is 0 Å². The van der Waals surface area contributed by atoms with Crippen LogP contribution in [0.2, 0.25) is 4.34 Å². The Kier molecular flexibility index (Phi) is 4.38. The van der Waals surface area contributed by atoms with Gasteiger partial charge in [0.2, 0.25) is 5.91 Å². The van der Waals surface area contributed by atoms with E-state index in [1.54, 1.807) is 0 Å². The molecule has 5 heteroatoms. The van der Waals surface area contributed by atoms with E-state index in [-0.39, 0.29) is 11.9 Å². The Morgan fingerprint density at radius 3 is 2.86 bits per heavy atom. The quantitative estimate of drug-likeness (QED) is 0.813. The normalized spacial score (nSPS) is 12.7. The maximum Gasteiger partial charge on any atom is 0.234 e. The average molecular weight is 233 g/mol. The lowest BCUT2D eigenvalue weighted by Gasteiger charge is -2.11. The number of hydrogen-bond acceptors (Lipinski definition) is 3. The van der Waals surface area contributed by atoms with Gasteiger partial charge in [0.05, 0.1) is 10.4 Å². The van der Waals surface area contributed by atoms with Crippen molar-refractivity contribution in [2.75, 3.05) is 0 Å². The number of thiophene rings is 1. The van der Waals surface area contributed by atoms with Gasteiger partial charge in [0.1, 0.15) is 0 Å². The van der Waals surface area contributed by atoms with E-state index in [9.17, 15) is 4.79 Å². The van der Waals surface area contributed by atoms with Gasteiger partial charge in [0.15, 0.2) is 0 Å². The number of amides is 1. The van der Waals surface area contributed by atoms with Crippen molar-refractivity contribution in [3.63, 3.8) is 0 Å². The van der Waals surface area contributed by atoms with Crippen LogP contribution in [-0.4, -0.2) is 11.9 Å². The third-order valence-electron chi connectivity index (χ3n) is 1.90. The predicted octanol–water partition coefficient (Wildman–Crippen LogP) is 1.75. The van der Waals surface area contributed by atoms with Crippen LogP contribution in [0.4, 0.5) is 0 Å². The fraction of sp³-hybridized carbons (Fsp3) is 0.444. The zero-order valence-corrected chi connectivity index (χ0v) is 9.49. The zero-order chi connectivity index (χ0) is 10.6. The summed E-state index contributed by atoms with van der Waals surface area (Å²) in [4.78, 5) is 12.0. The molecule has 1 rings (SSSR count). The van der Waals surface area contributed by atoms with Crippen LogP contribution < -0.4 is 11.1 Å². The van der Waals surface area contributed by atoms with E-state index in [4.69, 9.17) is 17.3 Å². The number of nitrogens with one attached hydrogen (secondary N) is 1. The first-order valence-corrected chi connectivity index (χ1v) is 5.59. The second-order valence-corrected chi connectivity index (χ2v) is 4.75. The Balaban J connectivity index is 2.43. The fourth-order valence-corrected chi connectivity index (χ4v) is 2.16. The smallest absolute Gasteiger partial charge is 0.234 e. The van der Waals surface area contributed by atoms with Crippen LogP contribution in [0.5, 0.6) is 0 Å². The number of carbonyl (C=O) groups is 1. The number of carbonyl (C=O) groups excluding carboxylic acids is 1. The second-order valence-electron chi connectivity index (χ2n) is 2.95. The molecule has 1 aromatic rings. The molecule has 1 amide bonds. The monoisotopic (exact) mass is 232 g/mol. The summed E-state index contributed by atoms with van der Waals surface area (Å²) in [6.07, 6.45) is 0.703. The third-order valence-corrected chi connectivity index (χ3v) is 3.13. The van der Waals surface area contributed by atoms with Crippen LogP contribution in [0.15, 0.2) is 12.1 Å². The molecule has 0 saturated carbocycles. The largest absolute Gasteiger partial charge is 0.368 e. The van der Waals surface area contributed by atoms with Crippen molar-refractivity contribution < 1.29 is 4.79 Å². The van der Waals surface area contributed by atoms with Crippen LogP contribution in [-0.2, 0) is 11.3 Å². The minimum atomic E-state index is -0.310. The highest BCUT2D eigenvalue weighted by atomic mass is 35.5. The summed E-state index contributed by atoms with van der Waals surface area (Å²) in [7, 11) is 0. The van der Waals surface area contributed by atoms with Gasteiger partial charge in [-0.2, -0.15) is 0 Å². The minimum absolute atomic E-state index is 0.254. The summed E-state index contributed by atoms with van der Waals surface area (Å²) < 4.78 is 0.758. The number of rotatable bonds is 5. The van der Waals surface area contributed by atoms with Gasteiger partial charge in [0.25, 0.3) is 0 Å². The van der Waals surface area contributed by atoms with Gasteiger partial charge in [-0.15, -0.1) is 11.3 Å². The van der Waals surface area contributed by atoms with Crippen LogP contribution >= 0.6 is 22.9 Å². The van der Waals surface area contributed by atoms with Crippen LogP contribution in [0.3, 0.4) is 0 Å². The van der Waals surface area contributed by atoms with E-state index in [2.05, 4.69) is 5.32 Å². The van der Waals surface area contributed by atoms with Crippen LogP contribution in [0, 0.1) is 0 Å². The molecule has 14 heavy (non-hydrogen) atoms. The highest BCUT2D eigenvalue weighted by Gasteiger charge is 2.11. The molecule has 1 atom stereocenters. The Morgan fingerprint density at radius 2 is 2.43 bits per heavy atom. The summed E-state index contributed by atoms with van der Waals surface area (Å²) >= 11 is 7.27. The standard InChI is InChI=1S/C9H13ClN2OS/c1-2-7(9(11)13)12-5-6-3-4-8(10)14-6/h3-4,7,12H,2,5H2,1H3,(H2,11,13). The first kappa shape index (κ1) is 11.5. The molecule has 0 aliphatic carbocycles. The molecule has 0 aromatic carbocycles. The maximum atomic E-state index is 10.9. The van der Waals surface area contributed by atoms with E-state index in [1.165, 1.54) is 11.3 Å². The highest BCUT2D eigenvalue weighted by molar-refractivity contribution is 7.16. The van der Waals surface area contributed by atoms with E-state index >= 15 is 0 Å². The SMILES string of the molecule is CCC(NCc1ccc(Cl)s1)C(N)=O. The van der Waals surface area contributed by atoms with E-state index in [1.807, 2.05) is 19.1 Å². The van der Waals surface area contributed by atoms with Crippen molar-refractivity contribution in [1.82, 2.24) is 5.32 Å². The number of nitrogens with two attached hydrogens (primary N) is 1. The number of primary amides is 1. The zero-order valence-electron chi connectivity index (χ0n) is 7.92. The summed E-state index contributed by atoms with van der Waals surface area (Å²) in [6, 6.07) is 3.53. The summed E-state index contributed by atoms with van der Waals surface area (Å²) in [5.74, 6) is -0.310. The molecular weight excluding hydrogens is 220 g/mol. The van der Waals surface area contributed by atoms with E-state index < -0.39 is 0 Å². The van der Waals surface area contributed by atoms with Crippen LogP contribution in [0.1, 0.15) is 18.2 Å². The lowest BCUT2D eigenvalue weighted by Crippen LogP contribution is -2.40. The molecule has 1 heterocycles. The molecule has 1 aromatic heterocycles. The van der Waals surface area contributed by atoms with E-state index in [0.717, 1.165) is 9.21 Å². The Bertz CT molecular complexity index is 314. The number of halogens is 1. The lowest BCUT2D eigenvalue weighted by atomic mass is 10.2. The highest BCUT2D eigenvalue weighted by Crippen LogP contribution is 2.21. The van der Waals surface area contributed by atoms with Crippen molar-refractivity contribution in [3.05, 3.63) is 21.3 Å². The van der Waals surface area contributed by atoms with Crippen molar-refractivity contribution in [1.29, 1.82) is 0 Å². The molecule has 0 fully saturated rings. The Labute approximate surface area is 92.3 Å². The Hall–Kier alpha value is -0.580. The van der Waals surface area contributed by atoms with Gasteiger partial charge in [-0.1, -0.05) is 18.5 Å². The molecule has 1 unspecified atom stereocenters. The fourth-order valence-electron chi connectivity index (χ4n) is 1.12. The van der Waals surface area contributed by atoms with Crippen molar-refractivity contribution >= 4 is 28.8 Å². The van der Waals surface area contributed by atoms with Crippen molar-refractivity contribution in [2.24, 2.45) is 5.73 Å². The van der Waals surface area contributed by atoms with E-state index in [0.29, 0.717) is 13.0 Å². The average Bonchev–Trinajstić information content (AvgIpc) is 2.52. The van der Waals surface area contributed by atoms with Gasteiger partial charge < -0.3 is 11.1 Å². The lowest BCUT2D eigenvalue weighted by molar-refractivity contribution is -0.120. The molecule has 0 radical (unpaired) electrons. The molecule has 0 aliphatic heterocycles. The second kappa shape index (κ2) is 5.34. The molecule has 78 valence electrons. The van der Waals surface area contributed by atoms with Gasteiger partial charge >= 0.3 is 0 Å². The van der Waals surface area contributed by atoms with Crippen molar-refractivity contribution in [3.8, 4) is 0 Å². The van der Waals surface area contributed by atoms with Gasteiger partial charge in [0, 0.05) is 11.4 Å². The first-order chi connectivity index (χ1) is 6.63. The maximum absolute atomic E-state index is 10.9. The molecule has 0 aliphatic rings. The molecule has 0 saturated heterocycles. The molecule has 3 N–H and O–H groups in total. The molecule has 0 bridgehead atoms. The topological polar surface area (TPSA) is 55.1 Å². The predicted molar refractivity (Wildman–Crippen MR) is 59.4 cm³/mol. The van der Waals surface area contributed by atoms with Crippen LogP contribution in [0.25, 0.3) is 0 Å². The third kappa shape index (κ3) is 3.29. The summed E-state index contributed by atoms with van der Waals surface area (Å²) in [5.41, 5.74) is 5.19. The summed E-state index contributed by atoms with van der Waals surface area (Å²) in [5, 5.41) is 3.08. The van der Waals surface area contributed by atoms with Gasteiger partial charge in [-0.3, -0.25) is 4.79 Å². The number of hydrogen-bond donors (Lipinski definition) is 2. The molecule has 3 nitrogen and oxygen atoms in total. The first-order valence-electron chi connectivity index (χ1n) is 4.40. The minimum Gasteiger partial charge on any atom is -0.368 e. The van der Waals surface area contributed by atoms with Crippen molar-refractivity contribution in [2.45, 2.75) is 25.9 Å². The van der Waals surface area contributed by atoms with Gasteiger partial charge in [-0.05, 0) is 18.6 Å². The Morgan fingerprint density at radius 1 is 1.71 bits per heavy atom. The summed E-state index contributed by atoms with van der Waals surface area (Å²) in [6.45, 7) is 2.56. The molecular formula is C9H13ClN2OS. The molecule has 0 spiro atoms.